The van der Waals surface area contributed by atoms with Gasteiger partial charge in [-0.15, -0.1) is 0 Å². The van der Waals surface area contributed by atoms with E-state index in [1.54, 1.807) is 13.8 Å². The van der Waals surface area contributed by atoms with Crippen LogP contribution in [0.4, 0.5) is 4.79 Å². The molecule has 0 aliphatic rings. The number of ketones is 1. The van der Waals surface area contributed by atoms with Crippen LogP contribution < -0.4 is 21.3 Å². The van der Waals surface area contributed by atoms with Crippen LogP contribution in [-0.2, 0) is 30.3 Å². The Morgan fingerprint density at radius 1 is 0.756 bits per heavy atom. The summed E-state index contributed by atoms with van der Waals surface area (Å²) in [6.07, 6.45) is 2.81. The average Bonchev–Trinajstić information content (AvgIpc) is 2.99. The number of hydrogen-bond acceptors (Lipinski definition) is 7. The van der Waals surface area contributed by atoms with E-state index >= 15 is 0 Å². The molecule has 254 valence electrons. The summed E-state index contributed by atoms with van der Waals surface area (Å²) in [5.74, 6) is -1.19. The zero-order valence-electron chi connectivity index (χ0n) is 28.6. The number of Topliss-reactive ketones (excluding diaryl/α,β-unsaturated/α-hetero) is 1. The van der Waals surface area contributed by atoms with E-state index in [-0.39, 0.29) is 42.5 Å². The highest BCUT2D eigenvalue weighted by Gasteiger charge is 2.34. The first-order chi connectivity index (χ1) is 21.2. The lowest BCUT2D eigenvalue weighted by atomic mass is 9.93. The van der Waals surface area contributed by atoms with E-state index in [9.17, 15) is 24.0 Å². The third-order valence-electron chi connectivity index (χ3n) is 7.41. The average molecular weight is 649 g/mol. The SMILES string of the molecule is CCC(C)C(NC(=O)C(CCSC)NC(=O)OCC(C)C)C(=O)NC(Cc1ccccc1)C(=O)NC(CC(C)C)C(=O)C(C)C. The largest absolute Gasteiger partial charge is 0.449 e. The number of nitrogens with one attached hydrogen (secondary N) is 4. The highest BCUT2D eigenvalue weighted by molar-refractivity contribution is 7.98. The first-order valence-electron chi connectivity index (χ1n) is 16.1. The third kappa shape index (κ3) is 15.2. The summed E-state index contributed by atoms with van der Waals surface area (Å²) in [6.45, 7) is 15.4. The predicted molar refractivity (Wildman–Crippen MR) is 181 cm³/mol. The molecule has 10 nitrogen and oxygen atoms in total. The first-order valence-corrected chi connectivity index (χ1v) is 17.5. The van der Waals surface area contributed by atoms with Crippen LogP contribution in [0.5, 0.6) is 0 Å². The first kappa shape index (κ1) is 39.9. The molecule has 4 N–H and O–H groups in total. The van der Waals surface area contributed by atoms with Crippen molar-refractivity contribution in [2.75, 3.05) is 18.6 Å². The maximum atomic E-state index is 13.8. The summed E-state index contributed by atoms with van der Waals surface area (Å²) in [5.41, 5.74) is 0.832. The van der Waals surface area contributed by atoms with Gasteiger partial charge < -0.3 is 26.0 Å². The normalized spacial score (nSPS) is 14.7. The van der Waals surface area contributed by atoms with Gasteiger partial charge >= 0.3 is 6.09 Å². The van der Waals surface area contributed by atoms with Crippen molar-refractivity contribution in [3.8, 4) is 0 Å². The van der Waals surface area contributed by atoms with Crippen LogP contribution in [0.3, 0.4) is 0 Å². The Morgan fingerprint density at radius 3 is 1.89 bits per heavy atom. The molecule has 0 aliphatic heterocycles. The Hall–Kier alpha value is -3.08. The van der Waals surface area contributed by atoms with E-state index in [1.807, 2.05) is 78.1 Å². The monoisotopic (exact) mass is 648 g/mol. The summed E-state index contributed by atoms with van der Waals surface area (Å²) in [4.78, 5) is 66.4. The standard InChI is InChI=1S/C34H56N4O6S/c1-10-24(8)29(38-31(40)26(16-17-45-9)37-34(43)44-20-22(4)5)33(42)36-28(19-25-14-12-11-13-15-25)32(41)35-27(18-21(2)3)30(39)23(6)7/h11-15,21-24,26-29H,10,16-20H2,1-9H3,(H,35,41)(H,36,42)(H,37,43)(H,38,40). The van der Waals surface area contributed by atoms with E-state index in [2.05, 4.69) is 21.3 Å². The summed E-state index contributed by atoms with van der Waals surface area (Å²) < 4.78 is 5.22. The van der Waals surface area contributed by atoms with Gasteiger partial charge in [0.1, 0.15) is 18.1 Å². The van der Waals surface area contributed by atoms with Gasteiger partial charge in [-0.1, -0.05) is 92.1 Å². The van der Waals surface area contributed by atoms with Crippen LogP contribution in [0.2, 0.25) is 0 Å². The number of amides is 4. The summed E-state index contributed by atoms with van der Waals surface area (Å²) in [6, 6.07) is 5.76. The van der Waals surface area contributed by atoms with Gasteiger partial charge in [-0.2, -0.15) is 11.8 Å². The van der Waals surface area contributed by atoms with Gasteiger partial charge in [-0.05, 0) is 48.2 Å². The van der Waals surface area contributed by atoms with Crippen LogP contribution in [0, 0.1) is 23.7 Å². The smallest absolute Gasteiger partial charge is 0.407 e. The van der Waals surface area contributed by atoms with Crippen molar-refractivity contribution in [1.29, 1.82) is 0 Å². The molecule has 0 aromatic heterocycles. The minimum Gasteiger partial charge on any atom is -0.449 e. The van der Waals surface area contributed by atoms with E-state index in [0.717, 1.165) is 5.56 Å². The fraction of sp³-hybridized carbons (Fsp3) is 0.676. The molecule has 0 bridgehead atoms. The maximum Gasteiger partial charge on any atom is 0.407 e. The number of hydrogen-bond donors (Lipinski definition) is 4. The Bertz CT molecular complexity index is 1080. The van der Waals surface area contributed by atoms with Gasteiger partial charge in [0.2, 0.25) is 17.7 Å². The maximum absolute atomic E-state index is 13.8. The number of benzene rings is 1. The zero-order valence-corrected chi connectivity index (χ0v) is 29.4. The van der Waals surface area contributed by atoms with Crippen molar-refractivity contribution in [2.24, 2.45) is 23.7 Å². The molecule has 1 rings (SSSR count). The fourth-order valence-corrected chi connectivity index (χ4v) is 5.07. The van der Waals surface area contributed by atoms with Gasteiger partial charge in [-0.3, -0.25) is 19.2 Å². The number of carbonyl (C=O) groups excluding carboxylic acids is 5. The minimum atomic E-state index is -0.991. The molecular weight excluding hydrogens is 592 g/mol. The van der Waals surface area contributed by atoms with Gasteiger partial charge in [0.15, 0.2) is 5.78 Å². The van der Waals surface area contributed by atoms with Crippen molar-refractivity contribution in [1.82, 2.24) is 21.3 Å². The topological polar surface area (TPSA) is 143 Å². The second kappa shape index (κ2) is 20.9. The van der Waals surface area contributed by atoms with Crippen molar-refractivity contribution in [3.63, 3.8) is 0 Å². The van der Waals surface area contributed by atoms with E-state index < -0.39 is 48.0 Å². The molecule has 5 unspecified atom stereocenters. The van der Waals surface area contributed by atoms with Crippen LogP contribution in [-0.4, -0.2) is 72.4 Å². The zero-order chi connectivity index (χ0) is 34.1. The molecule has 11 heteroatoms. The molecule has 45 heavy (non-hydrogen) atoms. The second-order valence-electron chi connectivity index (χ2n) is 12.8. The van der Waals surface area contributed by atoms with Crippen LogP contribution in [0.1, 0.15) is 80.2 Å². The molecule has 5 atom stereocenters. The molecule has 1 aromatic rings. The number of ether oxygens (including phenoxy) is 1. The lowest BCUT2D eigenvalue weighted by molar-refractivity contribution is -0.135. The van der Waals surface area contributed by atoms with E-state index in [4.69, 9.17) is 4.74 Å². The quantitative estimate of drug-likeness (QED) is 0.163. The minimum absolute atomic E-state index is 0.0673. The molecule has 0 saturated heterocycles. The Balaban J connectivity index is 3.26. The molecule has 0 fully saturated rings. The number of thioether (sulfide) groups is 1. The Morgan fingerprint density at radius 2 is 1.36 bits per heavy atom. The number of alkyl carbamates (subject to hydrolysis) is 1. The van der Waals surface area contributed by atoms with Gasteiger partial charge in [-0.25, -0.2) is 4.79 Å². The van der Waals surface area contributed by atoms with Crippen LogP contribution >= 0.6 is 11.8 Å². The number of carbonyl (C=O) groups is 5. The van der Waals surface area contributed by atoms with Crippen molar-refractivity contribution >= 4 is 41.4 Å². The third-order valence-corrected chi connectivity index (χ3v) is 8.06. The van der Waals surface area contributed by atoms with Crippen LogP contribution in [0.25, 0.3) is 0 Å². The van der Waals surface area contributed by atoms with Crippen molar-refractivity contribution in [3.05, 3.63) is 35.9 Å². The van der Waals surface area contributed by atoms with E-state index in [1.165, 1.54) is 11.8 Å². The molecule has 4 amide bonds. The molecule has 0 saturated carbocycles. The molecule has 0 aliphatic carbocycles. The molecule has 0 radical (unpaired) electrons. The number of rotatable bonds is 20. The Labute approximate surface area is 274 Å². The summed E-state index contributed by atoms with van der Waals surface area (Å²) in [7, 11) is 0. The van der Waals surface area contributed by atoms with Crippen LogP contribution in [0.15, 0.2) is 30.3 Å². The highest BCUT2D eigenvalue weighted by atomic mass is 32.2. The summed E-state index contributed by atoms with van der Waals surface area (Å²) in [5, 5.41) is 11.3. The fourth-order valence-electron chi connectivity index (χ4n) is 4.60. The van der Waals surface area contributed by atoms with Crippen molar-refractivity contribution in [2.45, 2.75) is 105 Å². The highest BCUT2D eigenvalue weighted by Crippen LogP contribution is 2.14. The second-order valence-corrected chi connectivity index (χ2v) is 13.8. The lowest BCUT2D eigenvalue weighted by Gasteiger charge is -2.29. The van der Waals surface area contributed by atoms with Gasteiger partial charge in [0, 0.05) is 12.3 Å². The molecular formula is C34H56N4O6S. The van der Waals surface area contributed by atoms with Crippen molar-refractivity contribution < 1.29 is 28.7 Å². The van der Waals surface area contributed by atoms with Gasteiger partial charge in [0.05, 0.1) is 12.6 Å². The van der Waals surface area contributed by atoms with E-state index in [0.29, 0.717) is 25.0 Å². The predicted octanol–water partition coefficient (Wildman–Crippen LogP) is 4.50. The molecule has 0 spiro atoms. The lowest BCUT2D eigenvalue weighted by Crippen LogP contribution is -2.60. The Kier molecular flexibility index (Phi) is 18.5. The summed E-state index contributed by atoms with van der Waals surface area (Å²) >= 11 is 1.53. The van der Waals surface area contributed by atoms with Gasteiger partial charge in [0.25, 0.3) is 0 Å². The molecule has 1 aromatic carbocycles. The molecule has 0 heterocycles.